The van der Waals surface area contributed by atoms with Gasteiger partial charge in [0.15, 0.2) is 0 Å². The molecule has 0 atom stereocenters. The highest BCUT2D eigenvalue weighted by Gasteiger charge is 2.44. The van der Waals surface area contributed by atoms with Crippen molar-refractivity contribution in [1.29, 1.82) is 0 Å². The Morgan fingerprint density at radius 1 is 0.865 bits per heavy atom. The van der Waals surface area contributed by atoms with Gasteiger partial charge < -0.3 is 20.5 Å². The molecule has 1 spiro atoms. The third-order valence-electron chi connectivity index (χ3n) is 8.00. The van der Waals surface area contributed by atoms with E-state index in [0.29, 0.717) is 0 Å². The van der Waals surface area contributed by atoms with Gasteiger partial charge in [-0.05, 0) is 78.5 Å². The molecule has 4 heterocycles. The Bertz CT molecular complexity index is 1550. The molecular formula is C31H30N6. The monoisotopic (exact) mass is 486 g/mol. The fourth-order valence-electron chi connectivity index (χ4n) is 6.07. The number of nitrogens with zero attached hydrogens (tertiary/aromatic N) is 3. The molecule has 1 fully saturated rings. The quantitative estimate of drug-likeness (QED) is 0.284. The maximum absolute atomic E-state index is 4.73. The van der Waals surface area contributed by atoms with E-state index in [1.54, 1.807) is 6.33 Å². The highest BCUT2D eigenvalue weighted by molar-refractivity contribution is 5.91. The Balaban J connectivity index is 1.20. The zero-order valence-corrected chi connectivity index (χ0v) is 20.7. The van der Waals surface area contributed by atoms with Gasteiger partial charge >= 0.3 is 0 Å². The number of hydrogen-bond acceptors (Lipinski definition) is 5. The second-order valence-electron chi connectivity index (χ2n) is 10.2. The number of H-pyrrole nitrogens is 1. The number of aromatic nitrogens is 3. The van der Waals surface area contributed by atoms with Crippen LogP contribution in [0.2, 0.25) is 0 Å². The van der Waals surface area contributed by atoms with Gasteiger partial charge in [-0.3, -0.25) is 0 Å². The van der Waals surface area contributed by atoms with E-state index < -0.39 is 0 Å². The Morgan fingerprint density at radius 3 is 2.62 bits per heavy atom. The molecule has 7 rings (SSSR count). The predicted octanol–water partition coefficient (Wildman–Crippen LogP) is 6.01. The van der Waals surface area contributed by atoms with E-state index in [9.17, 15) is 0 Å². The topological polar surface area (TPSA) is 68.9 Å². The smallest absolute Gasteiger partial charge is 0.145 e. The molecule has 6 heteroatoms. The highest BCUT2D eigenvalue weighted by Crippen LogP contribution is 2.50. The number of aromatic amines is 1. The minimum absolute atomic E-state index is 0.124. The number of fused-ring (bicyclic) bond motifs is 3. The number of anilines is 3. The Morgan fingerprint density at radius 2 is 1.73 bits per heavy atom. The average Bonchev–Trinajstić information content (AvgIpc) is 3.56. The molecule has 2 aromatic heterocycles. The first-order chi connectivity index (χ1) is 18.3. The van der Waals surface area contributed by atoms with Crippen molar-refractivity contribution >= 4 is 28.2 Å². The summed E-state index contributed by atoms with van der Waals surface area (Å²) in [7, 11) is 0. The van der Waals surface area contributed by atoms with Crippen molar-refractivity contribution in [2.24, 2.45) is 0 Å². The van der Waals surface area contributed by atoms with E-state index >= 15 is 0 Å². The van der Waals surface area contributed by atoms with Crippen LogP contribution in [0.15, 0.2) is 91.4 Å². The maximum Gasteiger partial charge on any atom is 0.145 e. The number of benzene rings is 3. The Labute approximate surface area is 216 Å². The summed E-state index contributed by atoms with van der Waals surface area (Å²) < 4.78 is 0. The number of rotatable bonds is 5. The molecule has 0 amide bonds. The molecular weight excluding hydrogens is 456 g/mol. The zero-order chi connectivity index (χ0) is 24.7. The van der Waals surface area contributed by atoms with E-state index in [0.717, 1.165) is 61.6 Å². The van der Waals surface area contributed by atoms with Crippen LogP contribution in [0, 0.1) is 0 Å². The van der Waals surface area contributed by atoms with E-state index in [1.807, 2.05) is 6.20 Å². The van der Waals surface area contributed by atoms with E-state index in [-0.39, 0.29) is 5.41 Å². The van der Waals surface area contributed by atoms with Crippen molar-refractivity contribution in [2.75, 3.05) is 29.9 Å². The molecule has 0 aliphatic carbocycles. The normalized spacial score (nSPS) is 16.3. The highest BCUT2D eigenvalue weighted by atomic mass is 15.2. The largest absolute Gasteiger partial charge is 0.381 e. The molecule has 5 aromatic rings. The lowest BCUT2D eigenvalue weighted by atomic mass is 9.74. The molecule has 0 unspecified atom stereocenters. The van der Waals surface area contributed by atoms with Gasteiger partial charge in [0.2, 0.25) is 0 Å². The van der Waals surface area contributed by atoms with Crippen LogP contribution in [0.25, 0.3) is 22.2 Å². The van der Waals surface area contributed by atoms with Crippen LogP contribution >= 0.6 is 0 Å². The van der Waals surface area contributed by atoms with Crippen LogP contribution in [0.5, 0.6) is 0 Å². The summed E-state index contributed by atoms with van der Waals surface area (Å²) in [5.74, 6) is 0.987. The maximum atomic E-state index is 4.73. The second kappa shape index (κ2) is 9.05. The number of piperidine rings is 1. The summed E-state index contributed by atoms with van der Waals surface area (Å²) in [6, 6.07) is 28.3. The van der Waals surface area contributed by atoms with Crippen LogP contribution in [0.3, 0.4) is 0 Å². The van der Waals surface area contributed by atoms with Crippen molar-refractivity contribution in [1.82, 2.24) is 20.3 Å². The lowest BCUT2D eigenvalue weighted by Gasteiger charge is -2.35. The van der Waals surface area contributed by atoms with Crippen molar-refractivity contribution in [3.8, 4) is 11.1 Å². The first kappa shape index (κ1) is 22.1. The van der Waals surface area contributed by atoms with Crippen molar-refractivity contribution in [3.63, 3.8) is 0 Å². The van der Waals surface area contributed by atoms with Gasteiger partial charge in [-0.25, -0.2) is 9.97 Å². The third-order valence-corrected chi connectivity index (χ3v) is 8.00. The third kappa shape index (κ3) is 3.94. The van der Waals surface area contributed by atoms with Gasteiger partial charge in [0, 0.05) is 36.1 Å². The van der Waals surface area contributed by atoms with Crippen LogP contribution < -0.4 is 15.5 Å². The molecule has 0 bridgehead atoms. The SMILES string of the molecule is c1ccc(-c2cccc(CNc3ccc4c(c3)C3(CCNCC3)CN4c3ncnc4[nH]ccc34)c2)cc1. The fourth-order valence-corrected chi connectivity index (χ4v) is 6.07. The molecule has 2 aliphatic rings. The van der Waals surface area contributed by atoms with Crippen LogP contribution in [0.1, 0.15) is 24.0 Å². The molecule has 2 aliphatic heterocycles. The van der Waals surface area contributed by atoms with Gasteiger partial charge in [-0.2, -0.15) is 0 Å². The van der Waals surface area contributed by atoms with E-state index in [4.69, 9.17) is 4.98 Å². The summed E-state index contributed by atoms with van der Waals surface area (Å²) in [6.45, 7) is 3.82. The van der Waals surface area contributed by atoms with Gasteiger partial charge in [-0.1, -0.05) is 48.5 Å². The Kier molecular flexibility index (Phi) is 5.40. The second-order valence-corrected chi connectivity index (χ2v) is 10.2. The van der Waals surface area contributed by atoms with Crippen LogP contribution in [0.4, 0.5) is 17.2 Å². The average molecular weight is 487 g/mol. The summed E-state index contributed by atoms with van der Waals surface area (Å²) in [5.41, 5.74) is 8.64. The first-order valence-electron chi connectivity index (χ1n) is 13.1. The van der Waals surface area contributed by atoms with Gasteiger partial charge in [-0.15, -0.1) is 0 Å². The lowest BCUT2D eigenvalue weighted by molar-refractivity contribution is 0.329. The molecule has 37 heavy (non-hydrogen) atoms. The molecule has 3 N–H and O–H groups in total. The lowest BCUT2D eigenvalue weighted by Crippen LogP contribution is -2.42. The standard InChI is InChI=1S/C31H30N6/c1-2-6-23(7-3-1)24-8-4-5-22(17-24)19-34-25-9-10-28-27(18-25)31(12-15-32-16-13-31)20-37(28)30-26-11-14-33-29(26)35-21-36-30/h1-11,14,17-18,21,32,34H,12-13,15-16,19-20H2,(H,33,35,36). The minimum atomic E-state index is 0.124. The molecule has 6 nitrogen and oxygen atoms in total. The minimum Gasteiger partial charge on any atom is -0.381 e. The number of nitrogens with one attached hydrogen (secondary N) is 3. The zero-order valence-electron chi connectivity index (χ0n) is 20.7. The fraction of sp³-hybridized carbons (Fsp3) is 0.226. The Hall–Kier alpha value is -4.16. The number of hydrogen-bond donors (Lipinski definition) is 3. The van der Waals surface area contributed by atoms with E-state index in [2.05, 4.69) is 104 Å². The predicted molar refractivity (Wildman–Crippen MR) is 150 cm³/mol. The summed E-state index contributed by atoms with van der Waals surface area (Å²) >= 11 is 0. The molecule has 1 saturated heterocycles. The van der Waals surface area contributed by atoms with Crippen molar-refractivity contribution in [3.05, 3.63) is 103 Å². The summed E-state index contributed by atoms with van der Waals surface area (Å²) in [4.78, 5) is 14.8. The van der Waals surface area contributed by atoms with Crippen molar-refractivity contribution < 1.29 is 0 Å². The molecule has 3 aromatic carbocycles. The van der Waals surface area contributed by atoms with E-state index in [1.165, 1.54) is 27.9 Å². The summed E-state index contributed by atoms with van der Waals surface area (Å²) in [5, 5.41) is 8.34. The van der Waals surface area contributed by atoms with Crippen molar-refractivity contribution in [2.45, 2.75) is 24.8 Å². The molecule has 0 radical (unpaired) electrons. The van der Waals surface area contributed by atoms with Gasteiger partial charge in [0.1, 0.15) is 17.8 Å². The van der Waals surface area contributed by atoms with Crippen LogP contribution in [-0.2, 0) is 12.0 Å². The van der Waals surface area contributed by atoms with Gasteiger partial charge in [0.05, 0.1) is 5.39 Å². The first-order valence-corrected chi connectivity index (χ1v) is 13.1. The van der Waals surface area contributed by atoms with Crippen LogP contribution in [-0.4, -0.2) is 34.6 Å². The van der Waals surface area contributed by atoms with Gasteiger partial charge in [0.25, 0.3) is 0 Å². The molecule has 184 valence electrons. The molecule has 0 saturated carbocycles. The summed E-state index contributed by atoms with van der Waals surface area (Å²) in [6.07, 6.45) is 5.86.